The van der Waals surface area contributed by atoms with Crippen molar-refractivity contribution in [3.05, 3.63) is 35.9 Å². The maximum Gasteiger partial charge on any atom is 0.389 e. The van der Waals surface area contributed by atoms with E-state index >= 15 is 0 Å². The molecular weight excluding hydrogens is 253 g/mol. The normalized spacial score (nSPS) is 12.5. The Balaban J connectivity index is 2.97. The number of hydrogen-bond donors (Lipinski definition) is 0. The van der Waals surface area contributed by atoms with E-state index in [-0.39, 0.29) is 5.78 Å². The van der Waals surface area contributed by atoms with Crippen LogP contribution in [0.2, 0.25) is 0 Å². The average Bonchev–Trinajstić information content (AvgIpc) is 2.39. The molecule has 1 aromatic carbocycles. The van der Waals surface area contributed by atoms with Gasteiger partial charge in [-0.1, -0.05) is 44.2 Å². The van der Waals surface area contributed by atoms with Crippen molar-refractivity contribution in [3.63, 3.8) is 0 Å². The van der Waals surface area contributed by atoms with Crippen molar-refractivity contribution >= 4 is 5.78 Å². The molecule has 0 aromatic heterocycles. The molecule has 0 aliphatic rings. The van der Waals surface area contributed by atoms with Crippen molar-refractivity contribution in [3.8, 4) is 0 Å². The van der Waals surface area contributed by atoms with Gasteiger partial charge in [0.15, 0.2) is 0 Å². The molecule has 0 fully saturated rings. The van der Waals surface area contributed by atoms with Gasteiger partial charge in [-0.2, -0.15) is 13.2 Å². The van der Waals surface area contributed by atoms with E-state index in [1.54, 1.807) is 0 Å². The first kappa shape index (κ1) is 15.7. The quantitative estimate of drug-likeness (QED) is 0.736. The van der Waals surface area contributed by atoms with E-state index in [0.29, 0.717) is 12.8 Å². The molecule has 0 amide bonds. The van der Waals surface area contributed by atoms with Gasteiger partial charge in [-0.25, -0.2) is 0 Å². The molecule has 0 aliphatic heterocycles. The highest BCUT2D eigenvalue weighted by atomic mass is 19.4. The first-order valence-electron chi connectivity index (χ1n) is 6.51. The summed E-state index contributed by atoms with van der Waals surface area (Å²) < 4.78 is 36.8. The van der Waals surface area contributed by atoms with Crippen LogP contribution in [-0.4, -0.2) is 12.0 Å². The number of ketones is 1. The van der Waals surface area contributed by atoms with Crippen LogP contribution in [0.1, 0.15) is 45.1 Å². The molecule has 0 saturated heterocycles. The Morgan fingerprint density at radius 3 is 2.00 bits per heavy atom. The van der Waals surface area contributed by atoms with Crippen LogP contribution >= 0.6 is 0 Å². The lowest BCUT2D eigenvalue weighted by Crippen LogP contribution is -2.35. The minimum Gasteiger partial charge on any atom is -0.299 e. The number of Topliss-reactive ketones (excluding diaryl/α,β-unsaturated/α-hetero) is 1. The predicted molar refractivity (Wildman–Crippen MR) is 69.0 cm³/mol. The van der Waals surface area contributed by atoms with Gasteiger partial charge in [-0.15, -0.1) is 0 Å². The van der Waals surface area contributed by atoms with Crippen LogP contribution in [0.5, 0.6) is 0 Å². The standard InChI is InChI=1S/C15H19F3O/c1-3-14(4-2,12-8-6-5-7-9-12)13(19)10-11-15(16,17)18/h5-9H,3-4,10-11H2,1-2H3. The van der Waals surface area contributed by atoms with E-state index < -0.39 is 24.4 Å². The lowest BCUT2D eigenvalue weighted by atomic mass is 9.71. The predicted octanol–water partition coefficient (Wildman–Crippen LogP) is 4.66. The topological polar surface area (TPSA) is 17.1 Å². The molecule has 0 aliphatic carbocycles. The second-order valence-electron chi connectivity index (χ2n) is 4.69. The number of alkyl halides is 3. The molecule has 1 nitrogen and oxygen atoms in total. The van der Waals surface area contributed by atoms with E-state index in [1.165, 1.54) is 0 Å². The van der Waals surface area contributed by atoms with Gasteiger partial charge in [0.05, 0.1) is 11.8 Å². The summed E-state index contributed by atoms with van der Waals surface area (Å²) in [4.78, 5) is 12.3. The first-order valence-corrected chi connectivity index (χ1v) is 6.51. The summed E-state index contributed by atoms with van der Waals surface area (Å²) in [5.41, 5.74) is 0.0270. The highest BCUT2D eigenvalue weighted by molar-refractivity contribution is 5.90. The lowest BCUT2D eigenvalue weighted by molar-refractivity contribution is -0.145. The van der Waals surface area contributed by atoms with Crippen LogP contribution in [0.25, 0.3) is 0 Å². The number of benzene rings is 1. The Morgan fingerprint density at radius 2 is 1.58 bits per heavy atom. The van der Waals surface area contributed by atoms with Gasteiger partial charge in [0, 0.05) is 6.42 Å². The van der Waals surface area contributed by atoms with Gasteiger partial charge in [0.2, 0.25) is 0 Å². The van der Waals surface area contributed by atoms with Crippen LogP contribution < -0.4 is 0 Å². The summed E-state index contributed by atoms with van der Waals surface area (Å²) in [7, 11) is 0. The summed E-state index contributed by atoms with van der Waals surface area (Å²) in [5, 5.41) is 0. The average molecular weight is 272 g/mol. The van der Waals surface area contributed by atoms with Crippen LogP contribution in [0.3, 0.4) is 0 Å². The van der Waals surface area contributed by atoms with Crippen LogP contribution in [-0.2, 0) is 10.2 Å². The maximum absolute atomic E-state index is 12.3. The van der Waals surface area contributed by atoms with Crippen LogP contribution in [0.15, 0.2) is 30.3 Å². The van der Waals surface area contributed by atoms with Gasteiger partial charge in [0.1, 0.15) is 5.78 Å². The van der Waals surface area contributed by atoms with E-state index in [2.05, 4.69) is 0 Å². The molecule has 1 aromatic rings. The molecule has 0 heterocycles. The molecule has 1 rings (SSSR count). The zero-order chi connectivity index (χ0) is 14.5. The summed E-state index contributed by atoms with van der Waals surface area (Å²) >= 11 is 0. The highest BCUT2D eigenvalue weighted by Crippen LogP contribution is 2.35. The van der Waals surface area contributed by atoms with E-state index in [9.17, 15) is 18.0 Å². The largest absolute Gasteiger partial charge is 0.389 e. The van der Waals surface area contributed by atoms with Crippen molar-refractivity contribution in [2.45, 2.75) is 51.1 Å². The number of rotatable bonds is 6. The fraction of sp³-hybridized carbons (Fsp3) is 0.533. The van der Waals surface area contributed by atoms with Crippen molar-refractivity contribution in [1.82, 2.24) is 0 Å². The maximum atomic E-state index is 12.3. The summed E-state index contributed by atoms with van der Waals surface area (Å²) in [6.07, 6.45) is -4.73. The van der Waals surface area contributed by atoms with Gasteiger partial charge in [-0.3, -0.25) is 4.79 Å². The Labute approximate surface area is 111 Å². The molecule has 0 N–H and O–H groups in total. The fourth-order valence-electron chi connectivity index (χ4n) is 2.47. The Hall–Kier alpha value is -1.32. The summed E-state index contributed by atoms with van der Waals surface area (Å²) in [6, 6.07) is 9.09. The van der Waals surface area contributed by atoms with Crippen molar-refractivity contribution < 1.29 is 18.0 Å². The summed E-state index contributed by atoms with van der Waals surface area (Å²) in [5.74, 6) is -0.318. The van der Waals surface area contributed by atoms with Crippen molar-refractivity contribution in [1.29, 1.82) is 0 Å². The van der Waals surface area contributed by atoms with Crippen LogP contribution in [0, 0.1) is 0 Å². The molecule has 0 unspecified atom stereocenters. The second-order valence-corrected chi connectivity index (χ2v) is 4.69. The van der Waals surface area contributed by atoms with Crippen molar-refractivity contribution in [2.75, 3.05) is 0 Å². The third-order valence-corrected chi connectivity index (χ3v) is 3.70. The van der Waals surface area contributed by atoms with Gasteiger partial charge >= 0.3 is 6.18 Å². The molecule has 0 bridgehead atoms. The minimum atomic E-state index is -4.28. The number of carbonyl (C=O) groups excluding carboxylic acids is 1. The molecule has 0 atom stereocenters. The third-order valence-electron chi connectivity index (χ3n) is 3.70. The van der Waals surface area contributed by atoms with Gasteiger partial charge in [-0.05, 0) is 18.4 Å². The van der Waals surface area contributed by atoms with E-state index in [1.807, 2.05) is 44.2 Å². The van der Waals surface area contributed by atoms with Crippen LogP contribution in [0.4, 0.5) is 13.2 Å². The number of halogens is 3. The zero-order valence-electron chi connectivity index (χ0n) is 11.3. The molecule has 0 saturated carbocycles. The highest BCUT2D eigenvalue weighted by Gasteiger charge is 2.38. The van der Waals surface area contributed by atoms with Gasteiger partial charge < -0.3 is 0 Å². The minimum absolute atomic E-state index is 0.318. The van der Waals surface area contributed by atoms with Crippen molar-refractivity contribution in [2.24, 2.45) is 0 Å². The monoisotopic (exact) mass is 272 g/mol. The fourth-order valence-corrected chi connectivity index (χ4v) is 2.47. The van der Waals surface area contributed by atoms with E-state index in [0.717, 1.165) is 5.56 Å². The molecular formula is C15H19F3O. The van der Waals surface area contributed by atoms with Gasteiger partial charge in [0.25, 0.3) is 0 Å². The summed E-state index contributed by atoms with van der Waals surface area (Å²) in [6.45, 7) is 3.70. The number of carbonyl (C=O) groups is 1. The smallest absolute Gasteiger partial charge is 0.299 e. The molecule has 19 heavy (non-hydrogen) atoms. The SMILES string of the molecule is CCC(CC)(C(=O)CCC(F)(F)F)c1ccccc1. The third kappa shape index (κ3) is 3.82. The first-order chi connectivity index (χ1) is 8.85. The number of hydrogen-bond acceptors (Lipinski definition) is 1. The Morgan fingerprint density at radius 1 is 1.05 bits per heavy atom. The molecule has 0 spiro atoms. The molecule has 106 valence electrons. The second kappa shape index (κ2) is 6.22. The Kier molecular flexibility index (Phi) is 5.15. The molecule has 0 radical (unpaired) electrons. The van der Waals surface area contributed by atoms with E-state index in [4.69, 9.17) is 0 Å². The zero-order valence-corrected chi connectivity index (χ0v) is 11.3. The Bertz CT molecular complexity index is 405. The lowest BCUT2D eigenvalue weighted by Gasteiger charge is -2.31. The molecule has 4 heteroatoms.